The molecule has 0 aliphatic heterocycles. The van der Waals surface area contributed by atoms with E-state index in [0.29, 0.717) is 11.3 Å². The van der Waals surface area contributed by atoms with E-state index < -0.39 is 11.9 Å². The Bertz CT molecular complexity index is 620. The van der Waals surface area contributed by atoms with Gasteiger partial charge in [-0.15, -0.1) is 0 Å². The van der Waals surface area contributed by atoms with E-state index >= 15 is 0 Å². The van der Waals surface area contributed by atoms with E-state index in [1.807, 2.05) is 19.1 Å². The maximum Gasteiger partial charge on any atom is 0.323 e. The number of ether oxygens (including phenoxy) is 1. The highest BCUT2D eigenvalue weighted by Gasteiger charge is 2.31. The molecule has 108 valence electrons. The van der Waals surface area contributed by atoms with Gasteiger partial charge in [-0.3, -0.25) is 14.6 Å². The van der Waals surface area contributed by atoms with Gasteiger partial charge in [-0.05, 0) is 26.0 Å². The number of Topliss-reactive ketones (excluding diaryl/α,β-unsaturated/α-hetero) is 1. The predicted octanol–water partition coefficient (Wildman–Crippen LogP) is 2.92. The van der Waals surface area contributed by atoms with Crippen LogP contribution < -0.4 is 0 Å². The Balaban J connectivity index is 2.37. The summed E-state index contributed by atoms with van der Waals surface area (Å²) in [6.07, 6.45) is 1.56. The Morgan fingerprint density at radius 1 is 1.14 bits per heavy atom. The van der Waals surface area contributed by atoms with Gasteiger partial charge in [0.05, 0.1) is 12.3 Å². The Hall–Kier alpha value is -2.49. The van der Waals surface area contributed by atoms with E-state index in [2.05, 4.69) is 4.98 Å². The number of carbonyl (C=O) groups is 2. The molecule has 4 nitrogen and oxygen atoms in total. The highest BCUT2D eigenvalue weighted by atomic mass is 16.5. The largest absolute Gasteiger partial charge is 0.465 e. The highest BCUT2D eigenvalue weighted by Crippen LogP contribution is 2.21. The van der Waals surface area contributed by atoms with Crippen molar-refractivity contribution in [1.82, 2.24) is 4.98 Å². The number of hydrogen-bond donors (Lipinski definition) is 0. The summed E-state index contributed by atoms with van der Waals surface area (Å²) in [6, 6.07) is 12.3. The van der Waals surface area contributed by atoms with Crippen molar-refractivity contribution >= 4 is 11.8 Å². The normalized spacial score (nSPS) is 11.7. The fraction of sp³-hybridized carbons (Fsp3) is 0.235. The van der Waals surface area contributed by atoms with Gasteiger partial charge < -0.3 is 4.74 Å². The van der Waals surface area contributed by atoms with Crippen LogP contribution in [-0.4, -0.2) is 23.3 Å². The van der Waals surface area contributed by atoms with E-state index in [4.69, 9.17) is 4.74 Å². The minimum atomic E-state index is -1.02. The summed E-state index contributed by atoms with van der Waals surface area (Å²) >= 11 is 0. The molecular formula is C17H17NO3. The van der Waals surface area contributed by atoms with Crippen LogP contribution in [0.4, 0.5) is 0 Å². The highest BCUT2D eigenvalue weighted by molar-refractivity contribution is 6.12. The lowest BCUT2D eigenvalue weighted by atomic mass is 9.93. The molecule has 0 saturated heterocycles. The van der Waals surface area contributed by atoms with Crippen LogP contribution in [0.25, 0.3) is 0 Å². The number of pyridine rings is 1. The molecule has 0 aliphatic carbocycles. The van der Waals surface area contributed by atoms with Crippen molar-refractivity contribution < 1.29 is 14.3 Å². The third kappa shape index (κ3) is 3.54. The first kappa shape index (κ1) is 14.9. The molecule has 0 aliphatic rings. The van der Waals surface area contributed by atoms with Crippen LogP contribution >= 0.6 is 0 Å². The smallest absolute Gasteiger partial charge is 0.323 e. The molecule has 0 spiro atoms. The first-order valence-corrected chi connectivity index (χ1v) is 6.82. The maximum absolute atomic E-state index is 12.6. The molecule has 0 fully saturated rings. The molecule has 2 aromatic rings. The monoisotopic (exact) mass is 283 g/mol. The van der Waals surface area contributed by atoms with Crippen molar-refractivity contribution in [2.75, 3.05) is 6.61 Å². The lowest BCUT2D eigenvalue weighted by Crippen LogP contribution is -2.25. The van der Waals surface area contributed by atoms with E-state index in [1.54, 1.807) is 43.5 Å². The molecule has 21 heavy (non-hydrogen) atoms. The molecule has 1 unspecified atom stereocenters. The summed E-state index contributed by atoms with van der Waals surface area (Å²) in [5.74, 6) is -1.89. The SMILES string of the molecule is CCOC(=O)C(C(=O)c1ccc(C)cc1)c1ccccn1. The zero-order chi connectivity index (χ0) is 15.2. The molecule has 0 radical (unpaired) electrons. The summed E-state index contributed by atoms with van der Waals surface area (Å²) in [7, 11) is 0. The zero-order valence-electron chi connectivity index (χ0n) is 12.1. The second kappa shape index (κ2) is 6.79. The quantitative estimate of drug-likeness (QED) is 0.481. The Kier molecular flexibility index (Phi) is 4.82. The first-order chi connectivity index (χ1) is 10.1. The first-order valence-electron chi connectivity index (χ1n) is 6.82. The van der Waals surface area contributed by atoms with Gasteiger partial charge in [-0.2, -0.15) is 0 Å². The number of nitrogens with zero attached hydrogens (tertiary/aromatic N) is 1. The second-order valence-corrected chi connectivity index (χ2v) is 4.67. The summed E-state index contributed by atoms with van der Waals surface area (Å²) < 4.78 is 5.03. The number of carbonyl (C=O) groups excluding carboxylic acids is 2. The number of aromatic nitrogens is 1. The molecule has 0 bridgehead atoms. The number of hydrogen-bond acceptors (Lipinski definition) is 4. The van der Waals surface area contributed by atoms with Gasteiger partial charge in [-0.25, -0.2) is 0 Å². The molecule has 0 saturated carbocycles. The van der Waals surface area contributed by atoms with E-state index in [9.17, 15) is 9.59 Å². The van der Waals surface area contributed by atoms with Crippen molar-refractivity contribution in [3.05, 3.63) is 65.5 Å². The van der Waals surface area contributed by atoms with Crippen LogP contribution in [0.2, 0.25) is 0 Å². The van der Waals surface area contributed by atoms with Crippen molar-refractivity contribution in [1.29, 1.82) is 0 Å². The van der Waals surface area contributed by atoms with Gasteiger partial charge in [0.1, 0.15) is 0 Å². The fourth-order valence-electron chi connectivity index (χ4n) is 2.02. The van der Waals surface area contributed by atoms with Gasteiger partial charge in [0.25, 0.3) is 0 Å². The summed E-state index contributed by atoms with van der Waals surface area (Å²) in [5.41, 5.74) is 1.93. The summed E-state index contributed by atoms with van der Waals surface area (Å²) in [5, 5.41) is 0. The van der Waals surface area contributed by atoms with Crippen molar-refractivity contribution in [2.24, 2.45) is 0 Å². The van der Waals surface area contributed by atoms with Crippen molar-refractivity contribution in [3.63, 3.8) is 0 Å². The lowest BCUT2D eigenvalue weighted by Gasteiger charge is -2.14. The minimum absolute atomic E-state index is 0.226. The Labute approximate surface area is 123 Å². The van der Waals surface area contributed by atoms with Crippen LogP contribution in [0.3, 0.4) is 0 Å². The Morgan fingerprint density at radius 3 is 2.43 bits per heavy atom. The number of esters is 1. The maximum atomic E-state index is 12.6. The molecule has 1 heterocycles. The van der Waals surface area contributed by atoms with Gasteiger partial charge >= 0.3 is 5.97 Å². The van der Waals surface area contributed by atoms with Crippen LogP contribution in [-0.2, 0) is 9.53 Å². The topological polar surface area (TPSA) is 56.3 Å². The third-order valence-corrected chi connectivity index (χ3v) is 3.10. The van der Waals surface area contributed by atoms with Crippen LogP contribution in [0.5, 0.6) is 0 Å². The molecule has 2 rings (SSSR count). The number of rotatable bonds is 5. The molecule has 1 aromatic carbocycles. The van der Waals surface area contributed by atoms with Gasteiger partial charge in [0, 0.05) is 11.8 Å². The van der Waals surface area contributed by atoms with Crippen LogP contribution in [0, 0.1) is 6.92 Å². The van der Waals surface area contributed by atoms with Crippen molar-refractivity contribution in [2.45, 2.75) is 19.8 Å². The molecular weight excluding hydrogens is 266 g/mol. The second-order valence-electron chi connectivity index (χ2n) is 4.67. The van der Waals surface area contributed by atoms with E-state index in [1.165, 1.54) is 0 Å². The third-order valence-electron chi connectivity index (χ3n) is 3.10. The fourth-order valence-corrected chi connectivity index (χ4v) is 2.02. The van der Waals surface area contributed by atoms with E-state index in [-0.39, 0.29) is 12.4 Å². The number of aryl methyl sites for hydroxylation is 1. The van der Waals surface area contributed by atoms with E-state index in [0.717, 1.165) is 5.56 Å². The minimum Gasteiger partial charge on any atom is -0.465 e. The van der Waals surface area contributed by atoms with Crippen LogP contribution in [0.1, 0.15) is 34.5 Å². The summed E-state index contributed by atoms with van der Waals surface area (Å²) in [4.78, 5) is 28.9. The molecule has 1 aromatic heterocycles. The lowest BCUT2D eigenvalue weighted by molar-refractivity contribution is -0.143. The predicted molar refractivity (Wildman–Crippen MR) is 79.1 cm³/mol. The standard InChI is InChI=1S/C17H17NO3/c1-3-21-17(20)15(14-6-4-5-11-18-14)16(19)13-9-7-12(2)8-10-13/h4-11,15H,3H2,1-2H3. The zero-order valence-corrected chi connectivity index (χ0v) is 12.1. The number of benzene rings is 1. The average Bonchev–Trinajstić information content (AvgIpc) is 2.49. The Morgan fingerprint density at radius 2 is 1.86 bits per heavy atom. The summed E-state index contributed by atoms with van der Waals surface area (Å²) in [6.45, 7) is 3.88. The van der Waals surface area contributed by atoms with Gasteiger partial charge in [-0.1, -0.05) is 35.9 Å². The van der Waals surface area contributed by atoms with Gasteiger partial charge in [0.15, 0.2) is 11.7 Å². The number of ketones is 1. The van der Waals surface area contributed by atoms with Crippen LogP contribution in [0.15, 0.2) is 48.7 Å². The molecule has 0 N–H and O–H groups in total. The average molecular weight is 283 g/mol. The molecule has 1 atom stereocenters. The molecule has 0 amide bonds. The van der Waals surface area contributed by atoms with Gasteiger partial charge in [0.2, 0.25) is 0 Å². The van der Waals surface area contributed by atoms with Crippen molar-refractivity contribution in [3.8, 4) is 0 Å². The molecule has 4 heteroatoms.